The van der Waals surface area contributed by atoms with Gasteiger partial charge in [0.2, 0.25) is 11.9 Å². The zero-order valence-corrected chi connectivity index (χ0v) is 17.7. The van der Waals surface area contributed by atoms with Crippen molar-refractivity contribution in [1.82, 2.24) is 24.1 Å². The zero-order valence-electron chi connectivity index (χ0n) is 17.7. The molecule has 0 radical (unpaired) electrons. The third kappa shape index (κ3) is 3.07. The number of rotatable bonds is 4. The summed E-state index contributed by atoms with van der Waals surface area (Å²) < 4.78 is 3.87. The fraction of sp³-hybridized carbons (Fsp3) is 0.217. The van der Waals surface area contributed by atoms with E-state index in [0.29, 0.717) is 5.78 Å². The van der Waals surface area contributed by atoms with Crippen molar-refractivity contribution >= 4 is 45.1 Å². The average molecular weight is 413 g/mol. The van der Waals surface area contributed by atoms with Gasteiger partial charge in [0.05, 0.1) is 6.42 Å². The van der Waals surface area contributed by atoms with Crippen molar-refractivity contribution in [3.8, 4) is 0 Å². The van der Waals surface area contributed by atoms with Gasteiger partial charge in [-0.1, -0.05) is 18.2 Å². The summed E-state index contributed by atoms with van der Waals surface area (Å²) in [6.45, 7) is 6.78. The van der Waals surface area contributed by atoms with Crippen molar-refractivity contribution in [2.45, 2.75) is 33.7 Å². The van der Waals surface area contributed by atoms with Crippen LogP contribution in [0.1, 0.15) is 23.9 Å². The molecule has 0 fully saturated rings. The van der Waals surface area contributed by atoms with Gasteiger partial charge in [-0.3, -0.25) is 4.79 Å². The number of amides is 1. The van der Waals surface area contributed by atoms with Crippen molar-refractivity contribution in [3.05, 3.63) is 59.4 Å². The second-order valence-electron chi connectivity index (χ2n) is 7.66. The number of nitrogens with zero attached hydrogens (tertiary/aromatic N) is 5. The highest BCUT2D eigenvalue weighted by Gasteiger charge is 2.16. The standard InChI is InChI=1S/C23H23N7O/c1-4-29-19-8-6-5-7-16(19)18-11-15(9-10-20(18)29)26-21(31)12-17-13(2)25-23-27-22(24)28-30(23)14(17)3/h5-11H,4,12H2,1-3H3,(H2,24,28)(H,26,31). The van der Waals surface area contributed by atoms with Gasteiger partial charge >= 0.3 is 0 Å². The van der Waals surface area contributed by atoms with Crippen LogP contribution in [0.3, 0.4) is 0 Å². The number of anilines is 2. The predicted molar refractivity (Wildman–Crippen MR) is 122 cm³/mol. The molecule has 156 valence electrons. The van der Waals surface area contributed by atoms with Crippen LogP contribution in [0.4, 0.5) is 11.6 Å². The topological polar surface area (TPSA) is 103 Å². The lowest BCUT2D eigenvalue weighted by molar-refractivity contribution is -0.115. The van der Waals surface area contributed by atoms with E-state index >= 15 is 0 Å². The van der Waals surface area contributed by atoms with Crippen molar-refractivity contribution in [2.24, 2.45) is 0 Å². The predicted octanol–water partition coefficient (Wildman–Crippen LogP) is 3.63. The summed E-state index contributed by atoms with van der Waals surface area (Å²) >= 11 is 0. The molecule has 0 aliphatic heterocycles. The Hall–Kier alpha value is -3.94. The van der Waals surface area contributed by atoms with Gasteiger partial charge in [0.25, 0.3) is 5.78 Å². The third-order valence-electron chi connectivity index (χ3n) is 5.78. The van der Waals surface area contributed by atoms with Crippen LogP contribution in [0.2, 0.25) is 0 Å². The van der Waals surface area contributed by atoms with E-state index in [9.17, 15) is 4.79 Å². The molecule has 0 unspecified atom stereocenters. The van der Waals surface area contributed by atoms with Crippen molar-refractivity contribution < 1.29 is 4.79 Å². The van der Waals surface area contributed by atoms with Crippen molar-refractivity contribution in [1.29, 1.82) is 0 Å². The average Bonchev–Trinajstić information content (AvgIpc) is 3.28. The molecule has 5 rings (SSSR count). The van der Waals surface area contributed by atoms with Gasteiger partial charge in [-0.25, -0.2) is 4.98 Å². The molecular weight excluding hydrogens is 390 g/mol. The van der Waals surface area contributed by atoms with Gasteiger partial charge in [-0.15, -0.1) is 5.10 Å². The lowest BCUT2D eigenvalue weighted by Crippen LogP contribution is -2.17. The summed E-state index contributed by atoms with van der Waals surface area (Å²) in [4.78, 5) is 21.4. The summed E-state index contributed by atoms with van der Waals surface area (Å²) in [5, 5.41) is 9.51. The zero-order chi connectivity index (χ0) is 21.7. The molecule has 8 heteroatoms. The molecule has 31 heavy (non-hydrogen) atoms. The Morgan fingerprint density at radius 2 is 1.84 bits per heavy atom. The van der Waals surface area contributed by atoms with E-state index in [1.807, 2.05) is 38.1 Å². The highest BCUT2D eigenvalue weighted by Crippen LogP contribution is 2.31. The minimum Gasteiger partial charge on any atom is -0.366 e. The number of aryl methyl sites for hydroxylation is 3. The van der Waals surface area contributed by atoms with Crippen LogP contribution in [0.5, 0.6) is 0 Å². The first kappa shape index (κ1) is 19.0. The Labute approximate surface area is 178 Å². The lowest BCUT2D eigenvalue weighted by Gasteiger charge is -2.11. The lowest BCUT2D eigenvalue weighted by atomic mass is 10.1. The Balaban J connectivity index is 1.47. The van der Waals surface area contributed by atoms with Crippen LogP contribution >= 0.6 is 0 Å². The highest BCUT2D eigenvalue weighted by molar-refractivity contribution is 6.09. The first-order chi connectivity index (χ1) is 15.0. The van der Waals surface area contributed by atoms with Crippen LogP contribution < -0.4 is 11.1 Å². The van der Waals surface area contributed by atoms with E-state index in [-0.39, 0.29) is 18.3 Å². The molecule has 3 N–H and O–H groups in total. The van der Waals surface area contributed by atoms with Gasteiger partial charge in [0.15, 0.2) is 0 Å². The van der Waals surface area contributed by atoms with Gasteiger partial charge in [-0.2, -0.15) is 9.50 Å². The first-order valence-electron chi connectivity index (χ1n) is 10.3. The van der Waals surface area contributed by atoms with Crippen LogP contribution in [0.15, 0.2) is 42.5 Å². The van der Waals surface area contributed by atoms with Crippen molar-refractivity contribution in [3.63, 3.8) is 0 Å². The Morgan fingerprint density at radius 3 is 2.65 bits per heavy atom. The Morgan fingerprint density at radius 1 is 1.06 bits per heavy atom. The van der Waals surface area contributed by atoms with E-state index in [4.69, 9.17) is 5.73 Å². The van der Waals surface area contributed by atoms with Crippen LogP contribution in [-0.4, -0.2) is 30.1 Å². The molecule has 1 amide bonds. The summed E-state index contributed by atoms with van der Waals surface area (Å²) in [7, 11) is 0. The van der Waals surface area contributed by atoms with Gasteiger partial charge < -0.3 is 15.6 Å². The highest BCUT2D eigenvalue weighted by atomic mass is 16.1. The molecule has 0 atom stereocenters. The number of benzene rings is 2. The molecule has 0 aliphatic rings. The number of carbonyl (C=O) groups excluding carboxylic acids is 1. The smallest absolute Gasteiger partial charge is 0.254 e. The van der Waals surface area contributed by atoms with Gasteiger partial charge in [0, 0.05) is 51.0 Å². The number of nitrogens with two attached hydrogens (primary N) is 1. The molecule has 0 bridgehead atoms. The first-order valence-corrected chi connectivity index (χ1v) is 10.3. The van der Waals surface area contributed by atoms with E-state index in [1.54, 1.807) is 4.52 Å². The quantitative estimate of drug-likeness (QED) is 0.468. The molecule has 3 heterocycles. The number of para-hydroxylation sites is 1. The normalized spacial score (nSPS) is 11.6. The second-order valence-corrected chi connectivity index (χ2v) is 7.66. The SMILES string of the molecule is CCn1c2ccccc2c2cc(NC(=O)Cc3c(C)nc4nc(N)nn4c3C)ccc21. The number of fused-ring (bicyclic) bond motifs is 4. The third-order valence-corrected chi connectivity index (χ3v) is 5.78. The number of nitrogens with one attached hydrogen (secondary N) is 1. The summed E-state index contributed by atoms with van der Waals surface area (Å²) in [6.07, 6.45) is 0.190. The monoisotopic (exact) mass is 413 g/mol. The molecule has 8 nitrogen and oxygen atoms in total. The Kier molecular flexibility index (Phi) is 4.35. The number of carbonyl (C=O) groups is 1. The fourth-order valence-corrected chi connectivity index (χ4v) is 4.32. The minimum atomic E-state index is -0.112. The summed E-state index contributed by atoms with van der Waals surface area (Å²) in [6, 6.07) is 14.4. The van der Waals surface area contributed by atoms with E-state index < -0.39 is 0 Å². The largest absolute Gasteiger partial charge is 0.366 e. The molecule has 2 aromatic carbocycles. The molecule has 0 saturated carbocycles. The van der Waals surface area contributed by atoms with E-state index in [1.165, 1.54) is 10.9 Å². The maximum absolute atomic E-state index is 12.9. The number of hydrogen-bond acceptors (Lipinski definition) is 5. The Bertz CT molecular complexity index is 1480. The molecular formula is C23H23N7O. The second kappa shape index (κ2) is 7.09. The van der Waals surface area contributed by atoms with Gasteiger partial charge in [0.1, 0.15) is 0 Å². The summed E-state index contributed by atoms with van der Waals surface area (Å²) in [5.41, 5.74) is 11.2. The van der Waals surface area contributed by atoms with Crippen LogP contribution in [0, 0.1) is 13.8 Å². The number of nitrogen functional groups attached to an aromatic ring is 1. The summed E-state index contributed by atoms with van der Waals surface area (Å²) in [5.74, 6) is 0.490. The van der Waals surface area contributed by atoms with E-state index in [0.717, 1.165) is 40.1 Å². The molecule has 0 aliphatic carbocycles. The molecule has 0 spiro atoms. The van der Waals surface area contributed by atoms with Crippen LogP contribution in [-0.2, 0) is 17.8 Å². The number of hydrogen-bond donors (Lipinski definition) is 2. The minimum absolute atomic E-state index is 0.112. The molecule has 0 saturated heterocycles. The van der Waals surface area contributed by atoms with E-state index in [2.05, 4.69) is 50.1 Å². The maximum atomic E-state index is 12.9. The van der Waals surface area contributed by atoms with Crippen LogP contribution in [0.25, 0.3) is 27.6 Å². The van der Waals surface area contributed by atoms with Gasteiger partial charge in [-0.05, 0) is 45.0 Å². The number of aromatic nitrogens is 5. The maximum Gasteiger partial charge on any atom is 0.254 e. The molecule has 3 aromatic heterocycles. The van der Waals surface area contributed by atoms with Crippen molar-refractivity contribution in [2.75, 3.05) is 11.1 Å². The fourth-order valence-electron chi connectivity index (χ4n) is 4.32. The molecule has 5 aromatic rings.